The molecule has 0 aliphatic carbocycles. The maximum Gasteiger partial charge on any atom is 0.260 e. The van der Waals surface area contributed by atoms with Gasteiger partial charge >= 0.3 is 0 Å². The van der Waals surface area contributed by atoms with Crippen molar-refractivity contribution in [3.8, 4) is 5.75 Å². The minimum absolute atomic E-state index is 0.0178. The van der Waals surface area contributed by atoms with Crippen LogP contribution in [0.2, 0.25) is 0 Å². The predicted molar refractivity (Wildman–Crippen MR) is 105 cm³/mol. The molecule has 3 heterocycles. The molecule has 4 rings (SSSR count). The first-order valence-corrected chi connectivity index (χ1v) is 9.27. The van der Waals surface area contributed by atoms with Gasteiger partial charge in [0, 0.05) is 44.3 Å². The summed E-state index contributed by atoms with van der Waals surface area (Å²) in [4.78, 5) is 21.2. The number of anilines is 1. The van der Waals surface area contributed by atoms with E-state index in [-0.39, 0.29) is 12.5 Å². The van der Waals surface area contributed by atoms with Crippen LogP contribution in [-0.2, 0) is 4.79 Å². The van der Waals surface area contributed by atoms with E-state index in [9.17, 15) is 4.79 Å². The monoisotopic (exact) mass is 364 g/mol. The summed E-state index contributed by atoms with van der Waals surface area (Å²) < 4.78 is 7.70. The van der Waals surface area contributed by atoms with Gasteiger partial charge in [-0.2, -0.15) is 0 Å². The number of nitrogens with zero attached hydrogens (tertiary/aromatic N) is 4. The van der Waals surface area contributed by atoms with Crippen molar-refractivity contribution in [2.75, 3.05) is 37.7 Å². The number of carbonyl (C=O) groups excluding carboxylic acids is 1. The van der Waals surface area contributed by atoms with Gasteiger partial charge in [0.25, 0.3) is 5.91 Å². The van der Waals surface area contributed by atoms with Gasteiger partial charge in [0.15, 0.2) is 18.0 Å². The molecule has 0 N–H and O–H groups in total. The van der Waals surface area contributed by atoms with Crippen LogP contribution in [-0.4, -0.2) is 53.0 Å². The Bertz CT molecular complexity index is 958. The van der Waals surface area contributed by atoms with Crippen molar-refractivity contribution in [2.45, 2.75) is 13.8 Å². The van der Waals surface area contributed by atoms with Crippen molar-refractivity contribution in [1.82, 2.24) is 14.3 Å². The molecule has 0 unspecified atom stereocenters. The normalized spacial score (nSPS) is 14.6. The van der Waals surface area contributed by atoms with Crippen LogP contribution in [0.4, 0.5) is 5.69 Å². The number of hydrogen-bond donors (Lipinski definition) is 0. The molecular weight excluding hydrogens is 340 g/mol. The molecule has 1 amide bonds. The summed E-state index contributed by atoms with van der Waals surface area (Å²) in [6.45, 7) is 7.17. The smallest absolute Gasteiger partial charge is 0.260 e. The molecule has 1 aliphatic rings. The standard InChI is InChI=1S/C21H24N4O2/c1-16-5-3-6-18(13-16)23-9-11-24(12-10-23)20(26)15-27-19-7-4-8-25-14-17(2)22-21(19)25/h3-8,13-14H,9-12,15H2,1-2H3. The second kappa shape index (κ2) is 7.31. The summed E-state index contributed by atoms with van der Waals surface area (Å²) in [6.07, 6.45) is 3.86. The third kappa shape index (κ3) is 3.74. The fourth-order valence-electron chi connectivity index (χ4n) is 3.49. The second-order valence-electron chi connectivity index (χ2n) is 6.98. The van der Waals surface area contributed by atoms with E-state index < -0.39 is 0 Å². The highest BCUT2D eigenvalue weighted by molar-refractivity contribution is 5.78. The molecule has 1 aliphatic heterocycles. The zero-order valence-electron chi connectivity index (χ0n) is 15.8. The van der Waals surface area contributed by atoms with E-state index in [2.05, 4.69) is 41.1 Å². The van der Waals surface area contributed by atoms with E-state index in [1.807, 2.05) is 40.8 Å². The van der Waals surface area contributed by atoms with E-state index in [4.69, 9.17) is 4.74 Å². The van der Waals surface area contributed by atoms with Gasteiger partial charge in [0.2, 0.25) is 0 Å². The largest absolute Gasteiger partial charge is 0.480 e. The lowest BCUT2D eigenvalue weighted by molar-refractivity contribution is -0.133. The fourth-order valence-corrected chi connectivity index (χ4v) is 3.49. The van der Waals surface area contributed by atoms with Gasteiger partial charge in [0.05, 0.1) is 5.69 Å². The van der Waals surface area contributed by atoms with Crippen LogP contribution in [0.1, 0.15) is 11.3 Å². The van der Waals surface area contributed by atoms with Gasteiger partial charge in [-0.05, 0) is 43.7 Å². The van der Waals surface area contributed by atoms with Gasteiger partial charge in [-0.3, -0.25) is 4.79 Å². The molecule has 6 heteroatoms. The summed E-state index contributed by atoms with van der Waals surface area (Å²) in [5, 5.41) is 0. The van der Waals surface area contributed by atoms with E-state index in [0.29, 0.717) is 18.8 Å². The molecule has 27 heavy (non-hydrogen) atoms. The first-order valence-electron chi connectivity index (χ1n) is 9.27. The molecule has 0 bridgehead atoms. The van der Waals surface area contributed by atoms with Crippen molar-refractivity contribution in [3.05, 3.63) is 60.0 Å². The van der Waals surface area contributed by atoms with Gasteiger partial charge < -0.3 is 18.9 Å². The Labute approximate surface area is 159 Å². The van der Waals surface area contributed by atoms with Gasteiger partial charge in [0.1, 0.15) is 0 Å². The van der Waals surface area contributed by atoms with E-state index in [1.54, 1.807) is 0 Å². The Morgan fingerprint density at radius 2 is 1.93 bits per heavy atom. The summed E-state index contributed by atoms with van der Waals surface area (Å²) >= 11 is 0. The number of imidazole rings is 1. The van der Waals surface area contributed by atoms with Gasteiger partial charge in [-0.1, -0.05) is 12.1 Å². The van der Waals surface area contributed by atoms with Crippen LogP contribution in [0.15, 0.2) is 48.8 Å². The van der Waals surface area contributed by atoms with E-state index in [0.717, 1.165) is 24.4 Å². The SMILES string of the molecule is Cc1cccc(N2CCN(C(=O)COc3cccn4cc(C)nc34)CC2)c1. The predicted octanol–water partition coefficient (Wildman–Crippen LogP) is 2.68. The van der Waals surface area contributed by atoms with Gasteiger partial charge in [-0.15, -0.1) is 0 Å². The maximum absolute atomic E-state index is 12.6. The molecule has 1 aromatic carbocycles. The summed E-state index contributed by atoms with van der Waals surface area (Å²) in [6, 6.07) is 12.2. The number of pyridine rings is 1. The average Bonchev–Trinajstić information content (AvgIpc) is 3.07. The molecule has 0 radical (unpaired) electrons. The van der Waals surface area contributed by atoms with Crippen molar-refractivity contribution < 1.29 is 9.53 Å². The zero-order chi connectivity index (χ0) is 18.8. The van der Waals surface area contributed by atoms with Crippen LogP contribution >= 0.6 is 0 Å². The fraction of sp³-hybridized carbons (Fsp3) is 0.333. The Kier molecular flexibility index (Phi) is 4.71. The molecule has 140 valence electrons. The topological polar surface area (TPSA) is 50.1 Å². The lowest BCUT2D eigenvalue weighted by Crippen LogP contribution is -2.50. The number of fused-ring (bicyclic) bond motifs is 1. The van der Waals surface area contributed by atoms with Crippen molar-refractivity contribution in [3.63, 3.8) is 0 Å². The molecule has 2 aromatic heterocycles. The third-order valence-corrected chi connectivity index (χ3v) is 4.92. The molecule has 0 atom stereocenters. The Balaban J connectivity index is 1.34. The minimum Gasteiger partial charge on any atom is -0.480 e. The number of aryl methyl sites for hydroxylation is 2. The minimum atomic E-state index is 0.0178. The molecule has 6 nitrogen and oxygen atoms in total. The highest BCUT2D eigenvalue weighted by atomic mass is 16.5. The molecule has 0 spiro atoms. The van der Waals surface area contributed by atoms with Crippen LogP contribution < -0.4 is 9.64 Å². The number of hydrogen-bond acceptors (Lipinski definition) is 4. The lowest BCUT2D eigenvalue weighted by atomic mass is 10.2. The summed E-state index contributed by atoms with van der Waals surface area (Å²) in [5.74, 6) is 0.654. The first kappa shape index (κ1) is 17.4. The van der Waals surface area contributed by atoms with Crippen molar-refractivity contribution in [2.24, 2.45) is 0 Å². The van der Waals surface area contributed by atoms with Crippen LogP contribution in [0.5, 0.6) is 5.75 Å². The van der Waals surface area contributed by atoms with Gasteiger partial charge in [-0.25, -0.2) is 4.98 Å². The molecule has 0 saturated carbocycles. The first-order chi connectivity index (χ1) is 13.1. The Morgan fingerprint density at radius 1 is 1.11 bits per heavy atom. The maximum atomic E-state index is 12.6. The Hall–Kier alpha value is -3.02. The lowest BCUT2D eigenvalue weighted by Gasteiger charge is -2.36. The van der Waals surface area contributed by atoms with Crippen molar-refractivity contribution in [1.29, 1.82) is 0 Å². The molecule has 3 aromatic rings. The van der Waals surface area contributed by atoms with E-state index >= 15 is 0 Å². The summed E-state index contributed by atoms with van der Waals surface area (Å²) in [5.41, 5.74) is 4.14. The summed E-state index contributed by atoms with van der Waals surface area (Å²) in [7, 11) is 0. The number of aromatic nitrogens is 2. The highest BCUT2D eigenvalue weighted by Gasteiger charge is 2.22. The number of carbonyl (C=O) groups is 1. The quantitative estimate of drug-likeness (QED) is 0.714. The van der Waals surface area contributed by atoms with Crippen molar-refractivity contribution >= 4 is 17.2 Å². The second-order valence-corrected chi connectivity index (χ2v) is 6.98. The van der Waals surface area contributed by atoms with Crippen LogP contribution in [0, 0.1) is 13.8 Å². The average molecular weight is 364 g/mol. The highest BCUT2D eigenvalue weighted by Crippen LogP contribution is 2.20. The van der Waals surface area contributed by atoms with Crippen LogP contribution in [0.25, 0.3) is 5.65 Å². The number of rotatable bonds is 4. The molecule has 1 saturated heterocycles. The Morgan fingerprint density at radius 3 is 2.70 bits per heavy atom. The molecular formula is C21H24N4O2. The number of benzene rings is 1. The third-order valence-electron chi connectivity index (χ3n) is 4.92. The number of ether oxygens (including phenoxy) is 1. The number of piperazine rings is 1. The number of amides is 1. The van der Waals surface area contributed by atoms with E-state index in [1.165, 1.54) is 11.3 Å². The zero-order valence-corrected chi connectivity index (χ0v) is 15.8. The molecule has 1 fully saturated rings. The van der Waals surface area contributed by atoms with Crippen LogP contribution in [0.3, 0.4) is 0 Å².